The van der Waals surface area contributed by atoms with Crippen molar-refractivity contribution in [2.45, 2.75) is 0 Å². The Labute approximate surface area is 209 Å². The van der Waals surface area contributed by atoms with Gasteiger partial charge < -0.3 is 0 Å². The molecule has 1 aliphatic rings. The first kappa shape index (κ1) is 21.4. The molecule has 166 valence electrons. The van der Waals surface area contributed by atoms with Gasteiger partial charge in [0.25, 0.3) is 0 Å². The highest BCUT2D eigenvalue weighted by Crippen LogP contribution is 2.37. The van der Waals surface area contributed by atoms with Gasteiger partial charge in [0.1, 0.15) is 0 Å². The molecule has 0 heterocycles. The zero-order valence-corrected chi connectivity index (χ0v) is 19.2. The van der Waals surface area contributed by atoms with E-state index in [1.807, 2.05) is 84.9 Å². The molecule has 0 N–H and O–H groups in total. The number of hydrogen-bond donors (Lipinski definition) is 0. The zero-order chi connectivity index (χ0) is 24.5. The Kier molecular flexibility index (Phi) is 5.27. The summed E-state index contributed by atoms with van der Waals surface area (Å²) in [4.78, 5) is 27.8. The van der Waals surface area contributed by atoms with E-state index >= 15 is 0 Å². The van der Waals surface area contributed by atoms with E-state index in [0.29, 0.717) is 33.4 Å². The molecule has 0 fully saturated rings. The number of fused-ring (bicyclic) bond motifs is 3. The van der Waals surface area contributed by atoms with Crippen molar-refractivity contribution in [3.05, 3.63) is 154 Å². The summed E-state index contributed by atoms with van der Waals surface area (Å²) in [6, 6.07) is 33.9. The number of carbonyl (C=O) groups excluding carboxylic acids is 2. The van der Waals surface area contributed by atoms with Gasteiger partial charge in [-0.3, -0.25) is 9.59 Å². The molecule has 0 aromatic heterocycles. The molecule has 0 saturated carbocycles. The Morgan fingerprint density at radius 3 is 1.17 bits per heavy atom. The van der Waals surface area contributed by atoms with Crippen LogP contribution in [-0.2, 0) is 0 Å². The van der Waals surface area contributed by atoms with Crippen molar-refractivity contribution in [3.8, 4) is 23.7 Å². The summed E-state index contributed by atoms with van der Waals surface area (Å²) in [6.07, 6.45) is 0. The normalized spacial score (nSPS) is 11.6. The van der Waals surface area contributed by atoms with Crippen LogP contribution < -0.4 is 0 Å². The van der Waals surface area contributed by atoms with Crippen molar-refractivity contribution in [1.82, 2.24) is 0 Å². The van der Waals surface area contributed by atoms with Gasteiger partial charge in [0, 0.05) is 33.4 Å². The maximum atomic E-state index is 13.9. The van der Waals surface area contributed by atoms with Crippen molar-refractivity contribution < 1.29 is 9.59 Å². The van der Waals surface area contributed by atoms with Crippen molar-refractivity contribution in [1.29, 1.82) is 0 Å². The van der Waals surface area contributed by atoms with E-state index in [0.717, 1.165) is 21.9 Å². The third-order valence-corrected chi connectivity index (χ3v) is 6.30. The molecule has 0 saturated heterocycles. The largest absolute Gasteiger partial charge is 0.289 e. The van der Waals surface area contributed by atoms with Crippen molar-refractivity contribution >= 4 is 22.3 Å². The standard InChI is InChI=1S/C34H18O2/c35-33-29-17-9-10-18-30(29)34(36)32-28(22-20-24-13-5-2-6-14-24)26-16-8-7-15-25(26)27(31(32)33)21-19-23-11-3-1-4-12-23/h1-18H. The number of ketones is 2. The summed E-state index contributed by atoms with van der Waals surface area (Å²) in [5, 5.41) is 1.61. The monoisotopic (exact) mass is 458 g/mol. The smallest absolute Gasteiger partial charge is 0.195 e. The fourth-order valence-corrected chi connectivity index (χ4v) is 4.61. The fourth-order valence-electron chi connectivity index (χ4n) is 4.61. The molecule has 0 amide bonds. The van der Waals surface area contributed by atoms with E-state index in [2.05, 4.69) is 23.7 Å². The van der Waals surface area contributed by atoms with E-state index < -0.39 is 0 Å². The van der Waals surface area contributed by atoms with Gasteiger partial charge in [0.15, 0.2) is 11.6 Å². The van der Waals surface area contributed by atoms with Crippen molar-refractivity contribution in [3.63, 3.8) is 0 Å². The summed E-state index contributed by atoms with van der Waals surface area (Å²) in [5.41, 5.74) is 4.24. The minimum absolute atomic E-state index is 0.203. The molecule has 6 rings (SSSR count). The third-order valence-electron chi connectivity index (χ3n) is 6.30. The van der Waals surface area contributed by atoms with Gasteiger partial charge in [-0.05, 0) is 35.0 Å². The average Bonchev–Trinajstić information content (AvgIpc) is 2.94. The van der Waals surface area contributed by atoms with E-state index in [-0.39, 0.29) is 11.6 Å². The van der Waals surface area contributed by atoms with Crippen LogP contribution in [0.1, 0.15) is 54.1 Å². The Balaban J connectivity index is 1.71. The molecule has 0 bridgehead atoms. The lowest BCUT2D eigenvalue weighted by atomic mass is 9.77. The molecule has 0 radical (unpaired) electrons. The first-order chi connectivity index (χ1) is 17.7. The molecule has 0 spiro atoms. The summed E-state index contributed by atoms with van der Waals surface area (Å²) in [5.74, 6) is 12.5. The van der Waals surface area contributed by atoms with E-state index in [4.69, 9.17) is 0 Å². The van der Waals surface area contributed by atoms with Gasteiger partial charge in [0.05, 0.1) is 11.1 Å². The molecule has 5 aromatic carbocycles. The van der Waals surface area contributed by atoms with Gasteiger partial charge in [-0.15, -0.1) is 0 Å². The molecular formula is C34H18O2. The molecule has 5 aromatic rings. The Hall–Kier alpha value is -5.18. The molecule has 2 heteroatoms. The van der Waals surface area contributed by atoms with Crippen molar-refractivity contribution in [2.24, 2.45) is 0 Å². The summed E-state index contributed by atoms with van der Waals surface area (Å²) < 4.78 is 0. The van der Waals surface area contributed by atoms with Crippen LogP contribution in [0.3, 0.4) is 0 Å². The van der Waals surface area contributed by atoms with Crippen LogP contribution in [0.5, 0.6) is 0 Å². The van der Waals surface area contributed by atoms with Crippen LogP contribution in [0.15, 0.2) is 109 Å². The average molecular weight is 459 g/mol. The number of benzene rings is 5. The lowest BCUT2D eigenvalue weighted by Crippen LogP contribution is -2.24. The lowest BCUT2D eigenvalue weighted by molar-refractivity contribution is 0.0979. The molecular weight excluding hydrogens is 440 g/mol. The zero-order valence-electron chi connectivity index (χ0n) is 19.2. The van der Waals surface area contributed by atoms with Crippen LogP contribution in [0, 0.1) is 23.7 Å². The first-order valence-electron chi connectivity index (χ1n) is 11.6. The maximum Gasteiger partial charge on any atom is 0.195 e. The molecule has 2 nitrogen and oxygen atoms in total. The molecule has 0 unspecified atom stereocenters. The second kappa shape index (κ2) is 8.88. The van der Waals surface area contributed by atoms with E-state index in [9.17, 15) is 9.59 Å². The molecule has 1 aliphatic carbocycles. The van der Waals surface area contributed by atoms with Crippen LogP contribution >= 0.6 is 0 Å². The minimum Gasteiger partial charge on any atom is -0.289 e. The van der Waals surface area contributed by atoms with E-state index in [1.165, 1.54) is 0 Å². The quantitative estimate of drug-likeness (QED) is 0.246. The predicted octanol–water partition coefficient (Wildman–Crippen LogP) is 6.41. The second-order valence-electron chi connectivity index (χ2n) is 8.48. The van der Waals surface area contributed by atoms with Gasteiger partial charge in [-0.25, -0.2) is 0 Å². The lowest BCUT2D eigenvalue weighted by Gasteiger charge is -2.22. The van der Waals surface area contributed by atoms with Crippen LogP contribution in [0.4, 0.5) is 0 Å². The van der Waals surface area contributed by atoms with Crippen molar-refractivity contribution in [2.75, 3.05) is 0 Å². The SMILES string of the molecule is O=C1c2ccccc2C(=O)c2c1c(C#Cc1ccccc1)c1ccccc1c2C#Cc1ccccc1. The first-order valence-corrected chi connectivity index (χ1v) is 11.6. The maximum absolute atomic E-state index is 13.9. The Morgan fingerprint density at radius 1 is 0.389 bits per heavy atom. The molecule has 0 atom stereocenters. The topological polar surface area (TPSA) is 34.1 Å². The van der Waals surface area contributed by atoms with Gasteiger partial charge in [-0.2, -0.15) is 0 Å². The second-order valence-corrected chi connectivity index (χ2v) is 8.48. The number of rotatable bonds is 0. The summed E-state index contributed by atoms with van der Waals surface area (Å²) >= 11 is 0. The van der Waals surface area contributed by atoms with Gasteiger partial charge in [-0.1, -0.05) is 109 Å². The number of carbonyl (C=O) groups is 2. The Bertz CT molecular complexity index is 1670. The molecule has 0 aliphatic heterocycles. The fraction of sp³-hybridized carbons (Fsp3) is 0. The molecule has 36 heavy (non-hydrogen) atoms. The third kappa shape index (κ3) is 3.59. The number of hydrogen-bond acceptors (Lipinski definition) is 2. The highest BCUT2D eigenvalue weighted by molar-refractivity contribution is 6.32. The highest BCUT2D eigenvalue weighted by Gasteiger charge is 2.34. The van der Waals surface area contributed by atoms with Gasteiger partial charge in [0.2, 0.25) is 0 Å². The highest BCUT2D eigenvalue weighted by atomic mass is 16.1. The Morgan fingerprint density at radius 2 is 0.750 bits per heavy atom. The van der Waals surface area contributed by atoms with Crippen LogP contribution in [0.25, 0.3) is 10.8 Å². The van der Waals surface area contributed by atoms with Crippen LogP contribution in [-0.4, -0.2) is 11.6 Å². The minimum atomic E-state index is -0.203. The summed E-state index contributed by atoms with van der Waals surface area (Å²) in [6.45, 7) is 0. The summed E-state index contributed by atoms with van der Waals surface area (Å²) in [7, 11) is 0. The van der Waals surface area contributed by atoms with E-state index in [1.54, 1.807) is 24.3 Å². The van der Waals surface area contributed by atoms with Crippen LogP contribution in [0.2, 0.25) is 0 Å². The predicted molar refractivity (Wildman–Crippen MR) is 142 cm³/mol. The van der Waals surface area contributed by atoms with Gasteiger partial charge >= 0.3 is 0 Å².